The van der Waals surface area contributed by atoms with Crippen LogP contribution in [0, 0.1) is 0 Å². The highest BCUT2D eigenvalue weighted by atomic mass is 16.5. The fourth-order valence-electron chi connectivity index (χ4n) is 1.69. The van der Waals surface area contributed by atoms with Gasteiger partial charge in [-0.25, -0.2) is 0 Å². The monoisotopic (exact) mass is 265 g/mol. The van der Waals surface area contributed by atoms with Crippen molar-refractivity contribution in [2.24, 2.45) is 4.99 Å². The molecule has 1 aromatic rings. The summed E-state index contributed by atoms with van der Waals surface area (Å²) < 4.78 is 10.5. The molecule has 1 rings (SSSR count). The van der Waals surface area contributed by atoms with Crippen molar-refractivity contribution in [1.29, 1.82) is 0 Å². The minimum absolute atomic E-state index is 0.00201. The van der Waals surface area contributed by atoms with Crippen LogP contribution in [0.3, 0.4) is 0 Å². The summed E-state index contributed by atoms with van der Waals surface area (Å²) in [4.78, 5) is 4.14. The van der Waals surface area contributed by atoms with E-state index in [0.29, 0.717) is 13.2 Å². The molecule has 5 heteroatoms. The Balaban J connectivity index is 2.44. The van der Waals surface area contributed by atoms with Crippen LogP contribution in [0.2, 0.25) is 0 Å². The molecule has 0 aromatic heterocycles. The number of guanidine groups is 1. The lowest BCUT2D eigenvalue weighted by atomic mass is 10.1. The largest absolute Gasteiger partial charge is 0.383 e. The number of hydrogen-bond acceptors (Lipinski definition) is 3. The Labute approximate surface area is 115 Å². The average Bonchev–Trinajstić information content (AvgIpc) is 2.47. The van der Waals surface area contributed by atoms with Gasteiger partial charge in [0.05, 0.1) is 12.7 Å². The fourth-order valence-corrected chi connectivity index (χ4v) is 1.69. The molecule has 1 aromatic carbocycles. The molecule has 0 aliphatic heterocycles. The van der Waals surface area contributed by atoms with Gasteiger partial charge in [0.1, 0.15) is 0 Å². The van der Waals surface area contributed by atoms with Crippen LogP contribution in [0.1, 0.15) is 11.7 Å². The third-order valence-electron chi connectivity index (χ3n) is 2.73. The second-order valence-corrected chi connectivity index (χ2v) is 4.01. The smallest absolute Gasteiger partial charge is 0.191 e. The highest BCUT2D eigenvalue weighted by Crippen LogP contribution is 2.14. The summed E-state index contributed by atoms with van der Waals surface area (Å²) in [6.45, 7) is 2.03. The van der Waals surface area contributed by atoms with Crippen molar-refractivity contribution in [2.45, 2.75) is 6.10 Å². The van der Waals surface area contributed by atoms with Gasteiger partial charge in [-0.1, -0.05) is 30.3 Å². The number of benzene rings is 1. The summed E-state index contributed by atoms with van der Waals surface area (Å²) in [6, 6.07) is 10.1. The van der Waals surface area contributed by atoms with Crippen molar-refractivity contribution in [1.82, 2.24) is 10.6 Å². The minimum Gasteiger partial charge on any atom is -0.383 e. The van der Waals surface area contributed by atoms with Crippen LogP contribution in [0.15, 0.2) is 35.3 Å². The zero-order chi connectivity index (χ0) is 13.9. The average molecular weight is 265 g/mol. The molecule has 1 unspecified atom stereocenters. The van der Waals surface area contributed by atoms with Gasteiger partial charge in [0.2, 0.25) is 0 Å². The number of aliphatic imine (C=N–C) groups is 1. The number of nitrogens with zero attached hydrogens (tertiary/aromatic N) is 1. The van der Waals surface area contributed by atoms with Gasteiger partial charge in [-0.05, 0) is 5.56 Å². The number of nitrogens with one attached hydrogen (secondary N) is 2. The van der Waals surface area contributed by atoms with Crippen LogP contribution < -0.4 is 10.6 Å². The first-order valence-corrected chi connectivity index (χ1v) is 6.33. The molecular formula is C14H23N3O2. The Morgan fingerprint density at radius 2 is 1.95 bits per heavy atom. The lowest BCUT2D eigenvalue weighted by Gasteiger charge is -2.18. The number of ether oxygens (including phenoxy) is 2. The minimum atomic E-state index is 0.00201. The maximum absolute atomic E-state index is 5.49. The predicted octanol–water partition coefficient (Wildman–Crippen LogP) is 1.19. The van der Waals surface area contributed by atoms with E-state index in [-0.39, 0.29) is 6.10 Å². The van der Waals surface area contributed by atoms with Crippen LogP contribution in [0.4, 0.5) is 0 Å². The molecule has 106 valence electrons. The zero-order valence-corrected chi connectivity index (χ0v) is 11.8. The maximum atomic E-state index is 5.49. The van der Waals surface area contributed by atoms with Crippen LogP contribution in [-0.2, 0) is 9.47 Å². The van der Waals surface area contributed by atoms with E-state index in [1.807, 2.05) is 18.2 Å². The lowest BCUT2D eigenvalue weighted by molar-refractivity contribution is 0.106. The van der Waals surface area contributed by atoms with E-state index in [1.54, 1.807) is 21.3 Å². The summed E-state index contributed by atoms with van der Waals surface area (Å²) in [7, 11) is 5.13. The van der Waals surface area contributed by atoms with Crippen LogP contribution in [-0.4, -0.2) is 46.9 Å². The normalized spacial score (nSPS) is 13.1. The summed E-state index contributed by atoms with van der Waals surface area (Å²) in [5.74, 6) is 0.745. The Kier molecular flexibility index (Phi) is 7.62. The SMILES string of the molecule is CN=C(NCCOC)NCC(OC)c1ccccc1. The molecule has 2 N–H and O–H groups in total. The van der Waals surface area contributed by atoms with Crippen LogP contribution in [0.5, 0.6) is 0 Å². The first-order valence-electron chi connectivity index (χ1n) is 6.33. The van der Waals surface area contributed by atoms with E-state index in [2.05, 4.69) is 27.8 Å². The van der Waals surface area contributed by atoms with Gasteiger partial charge in [-0.3, -0.25) is 4.99 Å². The van der Waals surface area contributed by atoms with E-state index < -0.39 is 0 Å². The van der Waals surface area contributed by atoms with E-state index in [9.17, 15) is 0 Å². The van der Waals surface area contributed by atoms with Crippen molar-refractivity contribution >= 4 is 5.96 Å². The van der Waals surface area contributed by atoms with Crippen molar-refractivity contribution < 1.29 is 9.47 Å². The molecule has 0 aliphatic carbocycles. The van der Waals surface area contributed by atoms with Gasteiger partial charge < -0.3 is 20.1 Å². The van der Waals surface area contributed by atoms with E-state index >= 15 is 0 Å². The molecule has 0 saturated heterocycles. The fraction of sp³-hybridized carbons (Fsp3) is 0.500. The molecule has 19 heavy (non-hydrogen) atoms. The topological polar surface area (TPSA) is 54.9 Å². The van der Waals surface area contributed by atoms with Crippen molar-refractivity contribution in [3.05, 3.63) is 35.9 Å². The van der Waals surface area contributed by atoms with Gasteiger partial charge in [0.25, 0.3) is 0 Å². The first kappa shape index (κ1) is 15.5. The van der Waals surface area contributed by atoms with Gasteiger partial charge >= 0.3 is 0 Å². The van der Waals surface area contributed by atoms with Crippen molar-refractivity contribution in [3.63, 3.8) is 0 Å². The molecule has 0 saturated carbocycles. The van der Waals surface area contributed by atoms with Gasteiger partial charge in [0.15, 0.2) is 5.96 Å². The summed E-state index contributed by atoms with van der Waals surface area (Å²) in [5.41, 5.74) is 1.14. The Bertz CT molecular complexity index is 368. The molecule has 0 heterocycles. The molecule has 1 atom stereocenters. The van der Waals surface area contributed by atoms with Crippen LogP contribution >= 0.6 is 0 Å². The second kappa shape index (κ2) is 9.35. The highest BCUT2D eigenvalue weighted by Gasteiger charge is 2.10. The van der Waals surface area contributed by atoms with Crippen molar-refractivity contribution in [3.8, 4) is 0 Å². The van der Waals surface area contributed by atoms with Gasteiger partial charge in [-0.15, -0.1) is 0 Å². The molecule has 0 fully saturated rings. The summed E-state index contributed by atoms with van der Waals surface area (Å²) in [5, 5.41) is 6.40. The van der Waals surface area contributed by atoms with Gasteiger partial charge in [-0.2, -0.15) is 0 Å². The van der Waals surface area contributed by atoms with Crippen molar-refractivity contribution in [2.75, 3.05) is 41.0 Å². The Hall–Kier alpha value is -1.59. The first-order chi connectivity index (χ1) is 9.31. The zero-order valence-electron chi connectivity index (χ0n) is 11.8. The highest BCUT2D eigenvalue weighted by molar-refractivity contribution is 5.79. The van der Waals surface area contributed by atoms with E-state index in [4.69, 9.17) is 9.47 Å². The van der Waals surface area contributed by atoms with E-state index in [0.717, 1.165) is 18.1 Å². The molecule has 0 amide bonds. The lowest BCUT2D eigenvalue weighted by Crippen LogP contribution is -2.40. The predicted molar refractivity (Wildman–Crippen MR) is 77.4 cm³/mol. The maximum Gasteiger partial charge on any atom is 0.191 e. The molecule has 0 aliphatic rings. The molecule has 0 radical (unpaired) electrons. The number of rotatable bonds is 7. The summed E-state index contributed by atoms with van der Waals surface area (Å²) in [6.07, 6.45) is 0.00201. The van der Waals surface area contributed by atoms with Crippen LogP contribution in [0.25, 0.3) is 0 Å². The number of methoxy groups -OCH3 is 2. The Morgan fingerprint density at radius 3 is 2.53 bits per heavy atom. The molecule has 5 nitrogen and oxygen atoms in total. The molecule has 0 spiro atoms. The second-order valence-electron chi connectivity index (χ2n) is 4.01. The third-order valence-corrected chi connectivity index (χ3v) is 2.73. The summed E-state index contributed by atoms with van der Waals surface area (Å²) >= 11 is 0. The Morgan fingerprint density at radius 1 is 1.21 bits per heavy atom. The van der Waals surface area contributed by atoms with Gasteiger partial charge in [0, 0.05) is 34.4 Å². The third kappa shape index (κ3) is 5.72. The molecule has 0 bridgehead atoms. The standard InChI is InChI=1S/C14H23N3O2/c1-15-14(16-9-10-18-2)17-11-13(19-3)12-7-5-4-6-8-12/h4-8,13H,9-11H2,1-3H3,(H2,15,16,17). The quantitative estimate of drug-likeness (QED) is 0.442. The number of hydrogen-bond donors (Lipinski definition) is 2. The van der Waals surface area contributed by atoms with E-state index in [1.165, 1.54) is 0 Å². The molecular weight excluding hydrogens is 242 g/mol.